The molecule has 0 bridgehead atoms. The minimum atomic E-state index is -3.79. The summed E-state index contributed by atoms with van der Waals surface area (Å²) in [4.78, 5) is 12.1. The van der Waals surface area contributed by atoms with Gasteiger partial charge in [-0.05, 0) is 61.3 Å². The number of sulfonamides is 1. The van der Waals surface area contributed by atoms with Crippen LogP contribution in [0, 0.1) is 5.82 Å². The standard InChI is InChI=1S/C19H22FN3O3S.ClH/c20-15-5-9-18(10-6-15)27(25,26)23-16-7-3-14(4-8-16)12-19(24)22-17-2-1-11-21-13-17;/h3-10,17,21,23H,1-2,11-13H2,(H,22,24);1H/t17-;/m0./s1. The van der Waals surface area contributed by atoms with E-state index < -0.39 is 15.8 Å². The Morgan fingerprint density at radius 2 is 1.79 bits per heavy atom. The molecule has 6 nitrogen and oxygen atoms in total. The van der Waals surface area contributed by atoms with Crippen LogP contribution in [0.1, 0.15) is 18.4 Å². The quantitative estimate of drug-likeness (QED) is 0.660. The number of nitrogens with one attached hydrogen (secondary N) is 3. The van der Waals surface area contributed by atoms with Crippen molar-refractivity contribution in [3.8, 4) is 0 Å². The molecule has 0 aliphatic carbocycles. The normalized spacial score (nSPS) is 16.7. The first-order valence-corrected chi connectivity index (χ1v) is 10.3. The highest BCUT2D eigenvalue weighted by atomic mass is 35.5. The molecule has 28 heavy (non-hydrogen) atoms. The van der Waals surface area contributed by atoms with Gasteiger partial charge in [-0.15, -0.1) is 12.4 Å². The van der Waals surface area contributed by atoms with Crippen molar-refractivity contribution in [1.29, 1.82) is 0 Å². The van der Waals surface area contributed by atoms with Crippen molar-refractivity contribution in [3.05, 3.63) is 59.9 Å². The number of amides is 1. The summed E-state index contributed by atoms with van der Waals surface area (Å²) in [7, 11) is -3.79. The molecule has 2 aromatic rings. The summed E-state index contributed by atoms with van der Waals surface area (Å²) < 4.78 is 40.0. The average Bonchev–Trinajstić information content (AvgIpc) is 2.64. The highest BCUT2D eigenvalue weighted by Gasteiger charge is 2.16. The fourth-order valence-electron chi connectivity index (χ4n) is 2.96. The molecule has 2 aromatic carbocycles. The van der Waals surface area contributed by atoms with Crippen LogP contribution >= 0.6 is 12.4 Å². The van der Waals surface area contributed by atoms with E-state index in [4.69, 9.17) is 0 Å². The summed E-state index contributed by atoms with van der Waals surface area (Å²) in [6.45, 7) is 1.78. The van der Waals surface area contributed by atoms with E-state index in [0.29, 0.717) is 5.69 Å². The lowest BCUT2D eigenvalue weighted by atomic mass is 10.1. The third-order valence-electron chi connectivity index (χ3n) is 4.36. The molecule has 1 fully saturated rings. The molecule has 152 valence electrons. The van der Waals surface area contributed by atoms with E-state index in [1.54, 1.807) is 24.3 Å². The number of rotatable bonds is 6. The molecular weight excluding hydrogens is 405 g/mol. The Labute approximate surface area is 170 Å². The van der Waals surface area contributed by atoms with Crippen LogP contribution in [0.3, 0.4) is 0 Å². The molecule has 3 rings (SSSR count). The summed E-state index contributed by atoms with van der Waals surface area (Å²) >= 11 is 0. The van der Waals surface area contributed by atoms with E-state index >= 15 is 0 Å². The van der Waals surface area contributed by atoms with Gasteiger partial charge in [-0.2, -0.15) is 0 Å². The maximum atomic E-state index is 12.9. The molecule has 1 heterocycles. The van der Waals surface area contributed by atoms with Crippen LogP contribution in [0.2, 0.25) is 0 Å². The van der Waals surface area contributed by atoms with Crippen molar-refractivity contribution in [2.45, 2.75) is 30.2 Å². The Hall–Kier alpha value is -2.16. The molecule has 9 heteroatoms. The van der Waals surface area contributed by atoms with Gasteiger partial charge in [0.1, 0.15) is 5.82 Å². The molecular formula is C19H23ClFN3O3S. The van der Waals surface area contributed by atoms with Gasteiger partial charge >= 0.3 is 0 Å². The minimum Gasteiger partial charge on any atom is -0.352 e. The van der Waals surface area contributed by atoms with E-state index in [-0.39, 0.29) is 35.7 Å². The highest BCUT2D eigenvalue weighted by Crippen LogP contribution is 2.17. The number of anilines is 1. The molecule has 1 atom stereocenters. The molecule has 0 aromatic heterocycles. The number of hydrogen-bond donors (Lipinski definition) is 3. The molecule has 0 unspecified atom stereocenters. The van der Waals surface area contributed by atoms with Crippen LogP contribution in [0.15, 0.2) is 53.4 Å². The Morgan fingerprint density at radius 1 is 1.11 bits per heavy atom. The first kappa shape index (κ1) is 22.1. The van der Waals surface area contributed by atoms with Crippen LogP contribution in [0.5, 0.6) is 0 Å². The Bertz CT molecular complexity index is 884. The second-order valence-corrected chi connectivity index (χ2v) is 8.23. The third-order valence-corrected chi connectivity index (χ3v) is 5.75. The molecule has 1 aliphatic heterocycles. The number of carbonyl (C=O) groups is 1. The van der Waals surface area contributed by atoms with Crippen LogP contribution in [-0.4, -0.2) is 33.5 Å². The average molecular weight is 428 g/mol. The Morgan fingerprint density at radius 3 is 2.39 bits per heavy atom. The summed E-state index contributed by atoms with van der Waals surface area (Å²) in [5.41, 5.74) is 1.17. The summed E-state index contributed by atoms with van der Waals surface area (Å²) in [5, 5.41) is 6.25. The zero-order chi connectivity index (χ0) is 19.3. The van der Waals surface area contributed by atoms with Crippen molar-refractivity contribution < 1.29 is 17.6 Å². The van der Waals surface area contributed by atoms with Gasteiger partial charge in [-0.25, -0.2) is 12.8 Å². The Kier molecular flexibility index (Phi) is 7.79. The zero-order valence-corrected chi connectivity index (χ0v) is 16.8. The van der Waals surface area contributed by atoms with E-state index in [2.05, 4.69) is 15.4 Å². The van der Waals surface area contributed by atoms with Gasteiger partial charge < -0.3 is 10.6 Å². The second-order valence-electron chi connectivity index (χ2n) is 6.54. The first-order valence-electron chi connectivity index (χ1n) is 8.80. The predicted molar refractivity (Wildman–Crippen MR) is 109 cm³/mol. The van der Waals surface area contributed by atoms with E-state index in [0.717, 1.165) is 43.6 Å². The fourth-order valence-corrected chi connectivity index (χ4v) is 4.02. The monoisotopic (exact) mass is 427 g/mol. The summed E-state index contributed by atoms with van der Waals surface area (Å²) in [6, 6.07) is 11.4. The van der Waals surface area contributed by atoms with Crippen LogP contribution in [-0.2, 0) is 21.2 Å². The molecule has 0 spiro atoms. The molecule has 1 amide bonds. The van der Waals surface area contributed by atoms with Gasteiger partial charge in [-0.3, -0.25) is 9.52 Å². The van der Waals surface area contributed by atoms with E-state index in [1.165, 1.54) is 12.1 Å². The van der Waals surface area contributed by atoms with Crippen molar-refractivity contribution in [2.75, 3.05) is 17.8 Å². The molecule has 0 radical (unpaired) electrons. The molecule has 1 saturated heterocycles. The smallest absolute Gasteiger partial charge is 0.261 e. The number of halogens is 2. The van der Waals surface area contributed by atoms with Gasteiger partial charge in [0, 0.05) is 18.3 Å². The van der Waals surface area contributed by atoms with Gasteiger partial charge in [0.15, 0.2) is 0 Å². The fraction of sp³-hybridized carbons (Fsp3) is 0.316. The SMILES string of the molecule is Cl.O=C(Cc1ccc(NS(=O)(=O)c2ccc(F)cc2)cc1)N[C@H]1CCCNC1. The minimum absolute atomic E-state index is 0. The maximum absolute atomic E-state index is 12.9. The number of piperidine rings is 1. The molecule has 3 N–H and O–H groups in total. The van der Waals surface area contributed by atoms with Crippen molar-refractivity contribution in [3.63, 3.8) is 0 Å². The van der Waals surface area contributed by atoms with Crippen LogP contribution in [0.25, 0.3) is 0 Å². The lowest BCUT2D eigenvalue weighted by molar-refractivity contribution is -0.121. The van der Waals surface area contributed by atoms with Crippen molar-refractivity contribution in [1.82, 2.24) is 10.6 Å². The molecule has 1 aliphatic rings. The second kappa shape index (κ2) is 9.86. The lowest BCUT2D eigenvalue weighted by Crippen LogP contribution is -2.46. The molecule has 0 saturated carbocycles. The van der Waals surface area contributed by atoms with Crippen LogP contribution in [0.4, 0.5) is 10.1 Å². The largest absolute Gasteiger partial charge is 0.352 e. The summed E-state index contributed by atoms with van der Waals surface area (Å²) in [5.74, 6) is -0.552. The van der Waals surface area contributed by atoms with Crippen LogP contribution < -0.4 is 15.4 Å². The van der Waals surface area contributed by atoms with Gasteiger partial charge in [0.2, 0.25) is 5.91 Å². The zero-order valence-electron chi connectivity index (χ0n) is 15.2. The maximum Gasteiger partial charge on any atom is 0.261 e. The first-order chi connectivity index (χ1) is 12.9. The summed E-state index contributed by atoms with van der Waals surface area (Å²) in [6.07, 6.45) is 2.26. The Balaban J connectivity index is 0.00000280. The van der Waals surface area contributed by atoms with Crippen molar-refractivity contribution >= 4 is 34.0 Å². The topological polar surface area (TPSA) is 87.3 Å². The number of hydrogen-bond acceptors (Lipinski definition) is 4. The van der Waals surface area contributed by atoms with Crippen molar-refractivity contribution in [2.24, 2.45) is 0 Å². The van der Waals surface area contributed by atoms with Gasteiger partial charge in [-0.1, -0.05) is 12.1 Å². The lowest BCUT2D eigenvalue weighted by Gasteiger charge is -2.23. The number of benzene rings is 2. The number of carbonyl (C=O) groups excluding carboxylic acids is 1. The van der Waals surface area contributed by atoms with E-state index in [1.807, 2.05) is 0 Å². The van der Waals surface area contributed by atoms with Gasteiger partial charge in [0.05, 0.1) is 11.3 Å². The third kappa shape index (κ3) is 6.19. The van der Waals surface area contributed by atoms with Gasteiger partial charge in [0.25, 0.3) is 10.0 Å². The highest BCUT2D eigenvalue weighted by molar-refractivity contribution is 7.92. The predicted octanol–water partition coefficient (Wildman–Crippen LogP) is 2.46. The van der Waals surface area contributed by atoms with E-state index in [9.17, 15) is 17.6 Å².